The van der Waals surface area contributed by atoms with E-state index >= 15 is 0 Å². The molecule has 1 heterocycles. The Morgan fingerprint density at radius 3 is 3.06 bits per heavy atom. The Labute approximate surface area is 107 Å². The molecule has 0 bridgehead atoms. The summed E-state index contributed by atoms with van der Waals surface area (Å²) >= 11 is 0. The first-order valence-electron chi connectivity index (χ1n) is 6.40. The first-order chi connectivity index (χ1) is 8.83. The number of carbonyl (C=O) groups excluding carboxylic acids is 1. The Morgan fingerprint density at radius 2 is 2.33 bits per heavy atom. The zero-order valence-corrected chi connectivity index (χ0v) is 10.6. The lowest BCUT2D eigenvalue weighted by molar-refractivity contribution is 0.0605. The SMILES string of the molecule is CCCOc1ccccc1C(=O)C1COCCN1. The van der Waals surface area contributed by atoms with Crippen molar-refractivity contribution in [3.8, 4) is 5.75 Å². The molecule has 0 spiro atoms. The van der Waals surface area contributed by atoms with Crippen LogP contribution in [0, 0.1) is 0 Å². The fraction of sp³-hybridized carbons (Fsp3) is 0.500. The molecule has 1 aliphatic heterocycles. The maximum Gasteiger partial charge on any atom is 0.185 e. The predicted molar refractivity (Wildman–Crippen MR) is 69.2 cm³/mol. The average molecular weight is 249 g/mol. The Kier molecular flexibility index (Phi) is 4.73. The van der Waals surface area contributed by atoms with Crippen LogP contribution in [0.15, 0.2) is 24.3 Å². The normalized spacial score (nSPS) is 19.5. The summed E-state index contributed by atoms with van der Waals surface area (Å²) in [7, 11) is 0. The first-order valence-corrected chi connectivity index (χ1v) is 6.40. The minimum Gasteiger partial charge on any atom is -0.493 e. The summed E-state index contributed by atoms with van der Waals surface area (Å²) < 4.78 is 10.9. The zero-order chi connectivity index (χ0) is 12.8. The van der Waals surface area contributed by atoms with E-state index in [9.17, 15) is 4.79 Å². The summed E-state index contributed by atoms with van der Waals surface area (Å²) in [5.74, 6) is 0.707. The van der Waals surface area contributed by atoms with E-state index in [0.29, 0.717) is 37.7 Å². The number of ether oxygens (including phenoxy) is 2. The van der Waals surface area contributed by atoms with Gasteiger partial charge in [-0.15, -0.1) is 0 Å². The highest BCUT2D eigenvalue weighted by atomic mass is 16.5. The lowest BCUT2D eigenvalue weighted by Crippen LogP contribution is -2.46. The maximum atomic E-state index is 12.4. The summed E-state index contributed by atoms with van der Waals surface area (Å²) in [5.41, 5.74) is 0.633. The molecule has 1 fully saturated rings. The molecular weight excluding hydrogens is 230 g/mol. The van der Waals surface area contributed by atoms with Crippen LogP contribution in [0.5, 0.6) is 5.75 Å². The number of hydrogen-bond acceptors (Lipinski definition) is 4. The van der Waals surface area contributed by atoms with Crippen LogP contribution in [0.1, 0.15) is 23.7 Å². The molecule has 1 aliphatic rings. The summed E-state index contributed by atoms with van der Waals surface area (Å²) in [6.07, 6.45) is 0.924. The maximum absolute atomic E-state index is 12.4. The Bertz CT molecular complexity index is 400. The zero-order valence-electron chi connectivity index (χ0n) is 10.6. The number of nitrogens with one attached hydrogen (secondary N) is 1. The van der Waals surface area contributed by atoms with E-state index in [-0.39, 0.29) is 11.8 Å². The second kappa shape index (κ2) is 6.52. The van der Waals surface area contributed by atoms with Gasteiger partial charge in [0.1, 0.15) is 5.75 Å². The lowest BCUT2D eigenvalue weighted by atomic mass is 10.0. The van der Waals surface area contributed by atoms with Gasteiger partial charge in [-0.2, -0.15) is 0 Å². The van der Waals surface area contributed by atoms with E-state index in [1.54, 1.807) is 0 Å². The van der Waals surface area contributed by atoms with Crippen LogP contribution in [-0.2, 0) is 4.74 Å². The number of Topliss-reactive ketones (excluding diaryl/α,β-unsaturated/α-hetero) is 1. The van der Waals surface area contributed by atoms with Gasteiger partial charge in [-0.05, 0) is 18.6 Å². The molecule has 18 heavy (non-hydrogen) atoms. The summed E-state index contributed by atoms with van der Waals surface area (Å²) in [6, 6.07) is 7.13. The molecule has 98 valence electrons. The molecule has 0 aromatic heterocycles. The van der Waals surface area contributed by atoms with Crippen molar-refractivity contribution in [2.24, 2.45) is 0 Å². The molecule has 1 saturated heterocycles. The monoisotopic (exact) mass is 249 g/mol. The van der Waals surface area contributed by atoms with Gasteiger partial charge in [-0.25, -0.2) is 0 Å². The molecule has 1 unspecified atom stereocenters. The summed E-state index contributed by atoms with van der Waals surface area (Å²) in [5, 5.41) is 3.17. The number of para-hydroxylation sites is 1. The Balaban J connectivity index is 2.12. The molecule has 4 nitrogen and oxygen atoms in total. The molecule has 1 atom stereocenters. The molecule has 1 aromatic carbocycles. The third-order valence-corrected chi connectivity index (χ3v) is 2.85. The number of ketones is 1. The standard InChI is InChI=1S/C14H19NO3/c1-2-8-18-13-6-4-3-5-11(13)14(16)12-10-17-9-7-15-12/h3-6,12,15H,2,7-10H2,1H3. The fourth-order valence-corrected chi connectivity index (χ4v) is 1.93. The van der Waals surface area contributed by atoms with Crippen molar-refractivity contribution < 1.29 is 14.3 Å². The largest absolute Gasteiger partial charge is 0.493 e. The van der Waals surface area contributed by atoms with Crippen LogP contribution in [0.4, 0.5) is 0 Å². The van der Waals surface area contributed by atoms with Crippen LogP contribution < -0.4 is 10.1 Å². The fourth-order valence-electron chi connectivity index (χ4n) is 1.93. The van der Waals surface area contributed by atoms with Gasteiger partial charge in [0.15, 0.2) is 5.78 Å². The molecule has 0 saturated carbocycles. The van der Waals surface area contributed by atoms with Gasteiger partial charge < -0.3 is 14.8 Å². The average Bonchev–Trinajstić information content (AvgIpc) is 2.45. The van der Waals surface area contributed by atoms with E-state index in [1.165, 1.54) is 0 Å². The van der Waals surface area contributed by atoms with Crippen LogP contribution in [0.25, 0.3) is 0 Å². The highest BCUT2D eigenvalue weighted by Crippen LogP contribution is 2.20. The van der Waals surface area contributed by atoms with Gasteiger partial charge in [-0.1, -0.05) is 19.1 Å². The Hall–Kier alpha value is -1.39. The second-order valence-corrected chi connectivity index (χ2v) is 4.29. The third kappa shape index (κ3) is 3.09. The van der Waals surface area contributed by atoms with E-state index in [1.807, 2.05) is 31.2 Å². The third-order valence-electron chi connectivity index (χ3n) is 2.85. The van der Waals surface area contributed by atoms with Gasteiger partial charge in [0.25, 0.3) is 0 Å². The van der Waals surface area contributed by atoms with E-state index in [4.69, 9.17) is 9.47 Å². The predicted octanol–water partition coefficient (Wildman–Crippen LogP) is 1.65. The molecule has 2 rings (SSSR count). The number of benzene rings is 1. The van der Waals surface area contributed by atoms with Crippen molar-refractivity contribution in [2.75, 3.05) is 26.4 Å². The smallest absolute Gasteiger partial charge is 0.185 e. The quantitative estimate of drug-likeness (QED) is 0.806. The molecule has 0 amide bonds. The highest BCUT2D eigenvalue weighted by Gasteiger charge is 2.24. The minimum absolute atomic E-state index is 0.0430. The first kappa shape index (κ1) is 13.1. The van der Waals surface area contributed by atoms with Crippen molar-refractivity contribution in [1.29, 1.82) is 0 Å². The van der Waals surface area contributed by atoms with Crippen molar-refractivity contribution in [3.63, 3.8) is 0 Å². The molecule has 0 radical (unpaired) electrons. The molecule has 1 aromatic rings. The topological polar surface area (TPSA) is 47.6 Å². The van der Waals surface area contributed by atoms with E-state index in [0.717, 1.165) is 6.42 Å². The number of rotatable bonds is 5. The van der Waals surface area contributed by atoms with Gasteiger partial charge in [0.2, 0.25) is 0 Å². The molecule has 4 heteroatoms. The minimum atomic E-state index is -0.259. The van der Waals surface area contributed by atoms with Gasteiger partial charge in [-0.3, -0.25) is 4.79 Å². The highest BCUT2D eigenvalue weighted by molar-refractivity contribution is 6.02. The molecular formula is C14H19NO3. The van der Waals surface area contributed by atoms with Crippen LogP contribution in [0.2, 0.25) is 0 Å². The van der Waals surface area contributed by atoms with Gasteiger partial charge in [0.05, 0.1) is 31.4 Å². The number of carbonyl (C=O) groups is 1. The van der Waals surface area contributed by atoms with Crippen molar-refractivity contribution >= 4 is 5.78 Å². The van der Waals surface area contributed by atoms with Crippen molar-refractivity contribution in [3.05, 3.63) is 29.8 Å². The van der Waals surface area contributed by atoms with Crippen molar-refractivity contribution in [2.45, 2.75) is 19.4 Å². The molecule has 0 aliphatic carbocycles. The van der Waals surface area contributed by atoms with Crippen LogP contribution in [-0.4, -0.2) is 38.2 Å². The summed E-state index contributed by atoms with van der Waals surface area (Å²) in [4.78, 5) is 12.4. The number of morpholine rings is 1. The van der Waals surface area contributed by atoms with Gasteiger partial charge >= 0.3 is 0 Å². The van der Waals surface area contributed by atoms with E-state index < -0.39 is 0 Å². The summed E-state index contributed by atoms with van der Waals surface area (Å²) in [6.45, 7) is 4.48. The second-order valence-electron chi connectivity index (χ2n) is 4.29. The Morgan fingerprint density at radius 1 is 1.50 bits per heavy atom. The lowest BCUT2D eigenvalue weighted by Gasteiger charge is -2.23. The number of hydrogen-bond donors (Lipinski definition) is 1. The van der Waals surface area contributed by atoms with Crippen LogP contribution in [0.3, 0.4) is 0 Å². The van der Waals surface area contributed by atoms with Crippen LogP contribution >= 0.6 is 0 Å². The molecule has 1 N–H and O–H groups in total. The van der Waals surface area contributed by atoms with Gasteiger partial charge in [0, 0.05) is 6.54 Å². The van der Waals surface area contributed by atoms with E-state index in [2.05, 4.69) is 5.32 Å². The van der Waals surface area contributed by atoms with Crippen molar-refractivity contribution in [1.82, 2.24) is 5.32 Å².